The van der Waals surface area contributed by atoms with Crippen molar-refractivity contribution < 1.29 is 14.7 Å². The summed E-state index contributed by atoms with van der Waals surface area (Å²) in [6, 6.07) is 0. The van der Waals surface area contributed by atoms with Crippen LogP contribution in [0.4, 0.5) is 0 Å². The van der Waals surface area contributed by atoms with Crippen LogP contribution in [0.1, 0.15) is 0 Å². The molecule has 0 aliphatic rings. The zero-order valence-electron chi connectivity index (χ0n) is 4.83. The highest BCUT2D eigenvalue weighted by molar-refractivity contribution is 5.84. The number of carbonyl (C=O) groups is 2. The van der Waals surface area contributed by atoms with Gasteiger partial charge in [-0.15, -0.1) is 0 Å². The van der Waals surface area contributed by atoms with Gasteiger partial charge in [0.2, 0.25) is 5.91 Å². The zero-order chi connectivity index (χ0) is 7.86. The van der Waals surface area contributed by atoms with Crippen LogP contribution in [0, 0.1) is 6.92 Å². The Morgan fingerprint density at radius 3 is 1.67 bits per heavy atom. The second-order valence-corrected chi connectivity index (χ2v) is 1.00. The molecular weight excluding hydrogens is 122 g/mol. The summed E-state index contributed by atoms with van der Waals surface area (Å²) >= 11 is 0. The molecule has 0 rings (SSSR count). The van der Waals surface area contributed by atoms with Gasteiger partial charge in [-0.05, 0) is 6.08 Å². The molecule has 4 heteroatoms. The van der Waals surface area contributed by atoms with Crippen LogP contribution >= 0.6 is 0 Å². The number of hydrogen-bond donors (Lipinski definition) is 2. The SMILES string of the molecule is C=CC(N)=O.[CH2]C(=O)O. The Hall–Kier alpha value is -1.32. The van der Waals surface area contributed by atoms with Crippen LogP contribution in [0.5, 0.6) is 0 Å². The Labute approximate surface area is 53.0 Å². The maximum absolute atomic E-state index is 9.47. The highest BCUT2D eigenvalue weighted by Crippen LogP contribution is 1.48. The normalized spacial score (nSPS) is 6.33. The summed E-state index contributed by atoms with van der Waals surface area (Å²) in [4.78, 5) is 18.4. The first-order chi connectivity index (χ1) is 4.00. The van der Waals surface area contributed by atoms with Crippen LogP contribution in [-0.4, -0.2) is 17.0 Å². The summed E-state index contributed by atoms with van der Waals surface area (Å²) in [6.07, 6.45) is 1.06. The number of hydrogen-bond acceptors (Lipinski definition) is 2. The van der Waals surface area contributed by atoms with Crippen molar-refractivity contribution in [1.82, 2.24) is 0 Å². The highest BCUT2D eigenvalue weighted by Gasteiger charge is 1.69. The minimum atomic E-state index is -1.08. The summed E-state index contributed by atoms with van der Waals surface area (Å²) in [7, 11) is 0. The van der Waals surface area contributed by atoms with Gasteiger partial charge in [-0.25, -0.2) is 0 Å². The second-order valence-electron chi connectivity index (χ2n) is 1.00. The molecule has 0 atom stereocenters. The third kappa shape index (κ3) is 316. The summed E-state index contributed by atoms with van der Waals surface area (Å²) in [5.74, 6) is -1.56. The van der Waals surface area contributed by atoms with E-state index in [-0.39, 0.29) is 0 Å². The van der Waals surface area contributed by atoms with Gasteiger partial charge in [0.05, 0.1) is 6.92 Å². The summed E-state index contributed by atoms with van der Waals surface area (Å²) in [6.45, 7) is 5.64. The van der Waals surface area contributed by atoms with Crippen LogP contribution in [0.25, 0.3) is 0 Å². The fourth-order valence-corrected chi connectivity index (χ4v) is 0. The van der Waals surface area contributed by atoms with Gasteiger partial charge in [0, 0.05) is 0 Å². The highest BCUT2D eigenvalue weighted by atomic mass is 16.4. The molecule has 0 spiro atoms. The molecular formula is C5H8NO3. The van der Waals surface area contributed by atoms with Gasteiger partial charge < -0.3 is 10.8 Å². The summed E-state index contributed by atoms with van der Waals surface area (Å²) < 4.78 is 0. The first kappa shape index (κ1) is 10.6. The lowest BCUT2D eigenvalue weighted by Gasteiger charge is -1.65. The van der Waals surface area contributed by atoms with Gasteiger partial charge in [0.15, 0.2) is 0 Å². The molecule has 0 heterocycles. The number of rotatable bonds is 1. The van der Waals surface area contributed by atoms with E-state index in [1.54, 1.807) is 0 Å². The van der Waals surface area contributed by atoms with Crippen molar-refractivity contribution in [2.75, 3.05) is 0 Å². The molecule has 0 fully saturated rings. The molecule has 0 aromatic rings. The van der Waals surface area contributed by atoms with Gasteiger partial charge in [0.1, 0.15) is 0 Å². The lowest BCUT2D eigenvalue weighted by Crippen LogP contribution is -2.04. The molecule has 0 bridgehead atoms. The maximum atomic E-state index is 9.47. The second kappa shape index (κ2) is 6.68. The van der Waals surface area contributed by atoms with E-state index in [0.29, 0.717) is 0 Å². The first-order valence-electron chi connectivity index (χ1n) is 1.97. The molecule has 0 unspecified atom stereocenters. The van der Waals surface area contributed by atoms with Crippen molar-refractivity contribution in [2.24, 2.45) is 5.73 Å². The number of carboxylic acids is 1. The molecule has 3 N–H and O–H groups in total. The standard InChI is InChI=1S/C3H5NO.C2H3O2/c1-2-3(4)5;1-2(3)4/h2H,1H2,(H2,4,5);1H2,(H,3,4). The number of carboxylic acid groups (broad SMARTS) is 1. The fraction of sp³-hybridized carbons (Fsp3) is 0. The van der Waals surface area contributed by atoms with E-state index >= 15 is 0 Å². The van der Waals surface area contributed by atoms with Gasteiger partial charge in [-0.2, -0.15) is 0 Å². The minimum absolute atomic E-state index is 0.481. The van der Waals surface area contributed by atoms with Gasteiger partial charge >= 0.3 is 5.97 Å². The number of aliphatic carboxylic acids is 1. The third-order valence-corrected chi connectivity index (χ3v) is 0.201. The molecule has 51 valence electrons. The van der Waals surface area contributed by atoms with Gasteiger partial charge in [-0.3, -0.25) is 9.59 Å². The Morgan fingerprint density at radius 1 is 1.56 bits per heavy atom. The van der Waals surface area contributed by atoms with Crippen LogP contribution in [0.3, 0.4) is 0 Å². The third-order valence-electron chi connectivity index (χ3n) is 0.201. The van der Waals surface area contributed by atoms with E-state index in [1.807, 2.05) is 0 Å². The van der Waals surface area contributed by atoms with Gasteiger partial charge in [-0.1, -0.05) is 6.58 Å². The van der Waals surface area contributed by atoms with Crippen molar-refractivity contribution in [3.8, 4) is 0 Å². The molecule has 1 radical (unpaired) electrons. The smallest absolute Gasteiger partial charge is 0.303 e. The topological polar surface area (TPSA) is 80.4 Å². The number of primary amides is 1. The molecule has 4 nitrogen and oxygen atoms in total. The lowest BCUT2D eigenvalue weighted by molar-refractivity contribution is -0.131. The van der Waals surface area contributed by atoms with E-state index < -0.39 is 11.9 Å². The Bertz CT molecular complexity index is 115. The van der Waals surface area contributed by atoms with Crippen LogP contribution in [0.2, 0.25) is 0 Å². The first-order valence-corrected chi connectivity index (χ1v) is 1.97. The molecule has 0 aliphatic carbocycles. The van der Waals surface area contributed by atoms with Crippen LogP contribution in [0.15, 0.2) is 12.7 Å². The number of carbonyl (C=O) groups excluding carboxylic acids is 1. The monoisotopic (exact) mass is 130 g/mol. The summed E-state index contributed by atoms with van der Waals surface area (Å²) in [5, 5.41) is 7.31. The van der Waals surface area contributed by atoms with Crippen molar-refractivity contribution >= 4 is 11.9 Å². The van der Waals surface area contributed by atoms with Crippen LogP contribution < -0.4 is 5.73 Å². The van der Waals surface area contributed by atoms with E-state index in [2.05, 4.69) is 19.2 Å². The molecule has 9 heavy (non-hydrogen) atoms. The molecule has 0 aromatic heterocycles. The largest absolute Gasteiger partial charge is 0.481 e. The van der Waals surface area contributed by atoms with Crippen molar-refractivity contribution in [3.63, 3.8) is 0 Å². The molecule has 0 saturated heterocycles. The fourth-order valence-electron chi connectivity index (χ4n) is 0. The predicted octanol–water partition coefficient (Wildman–Crippen LogP) is -0.437. The van der Waals surface area contributed by atoms with E-state index in [9.17, 15) is 4.79 Å². The number of amides is 1. The van der Waals surface area contributed by atoms with Gasteiger partial charge in [0.25, 0.3) is 0 Å². The lowest BCUT2D eigenvalue weighted by atomic mass is 10.6. The zero-order valence-corrected chi connectivity index (χ0v) is 4.83. The average molecular weight is 130 g/mol. The van der Waals surface area contributed by atoms with Crippen molar-refractivity contribution in [1.29, 1.82) is 0 Å². The Morgan fingerprint density at radius 2 is 1.67 bits per heavy atom. The van der Waals surface area contributed by atoms with E-state index in [0.717, 1.165) is 6.08 Å². The van der Waals surface area contributed by atoms with E-state index in [1.165, 1.54) is 0 Å². The van der Waals surface area contributed by atoms with Crippen molar-refractivity contribution in [3.05, 3.63) is 19.6 Å². The Balaban J connectivity index is 0. The van der Waals surface area contributed by atoms with Crippen molar-refractivity contribution in [2.45, 2.75) is 0 Å². The molecule has 0 aromatic carbocycles. The molecule has 0 aliphatic heterocycles. The Kier molecular flexibility index (Phi) is 7.88. The predicted molar refractivity (Wildman–Crippen MR) is 32.4 cm³/mol. The van der Waals surface area contributed by atoms with E-state index in [4.69, 9.17) is 9.90 Å². The number of nitrogens with two attached hydrogens (primary N) is 1. The van der Waals surface area contributed by atoms with Crippen LogP contribution in [-0.2, 0) is 9.59 Å². The quantitative estimate of drug-likeness (QED) is 0.472. The molecule has 0 saturated carbocycles. The average Bonchev–Trinajstić information content (AvgIpc) is 1.65. The minimum Gasteiger partial charge on any atom is -0.481 e. The maximum Gasteiger partial charge on any atom is 0.303 e. The molecule has 1 amide bonds. The summed E-state index contributed by atoms with van der Waals surface area (Å²) in [5.41, 5.74) is 4.53.